The fourth-order valence-electron chi connectivity index (χ4n) is 4.03. The molecule has 0 aromatic rings. The molecule has 0 bridgehead atoms. The summed E-state index contributed by atoms with van der Waals surface area (Å²) >= 11 is 0. The zero-order chi connectivity index (χ0) is 19.2. The molecular formula is C19H24O7. The van der Waals surface area contributed by atoms with Crippen molar-refractivity contribution in [2.75, 3.05) is 0 Å². The van der Waals surface area contributed by atoms with Crippen molar-refractivity contribution in [2.45, 2.75) is 70.6 Å². The van der Waals surface area contributed by atoms with Gasteiger partial charge in [-0.05, 0) is 19.9 Å². The summed E-state index contributed by atoms with van der Waals surface area (Å²) in [6, 6.07) is 0. The van der Waals surface area contributed by atoms with Gasteiger partial charge in [0, 0.05) is 32.3 Å². The van der Waals surface area contributed by atoms with Crippen molar-refractivity contribution >= 4 is 17.9 Å². The summed E-state index contributed by atoms with van der Waals surface area (Å²) in [5, 5.41) is 0. The molecule has 2 heterocycles. The second-order valence-electron chi connectivity index (χ2n) is 7.49. The molecule has 0 aromatic carbocycles. The molecule has 0 saturated carbocycles. The molecule has 3 rings (SSSR count). The van der Waals surface area contributed by atoms with Crippen LogP contribution in [-0.2, 0) is 33.3 Å². The molecule has 0 radical (unpaired) electrons. The van der Waals surface area contributed by atoms with Gasteiger partial charge in [0.15, 0.2) is 0 Å². The number of fused-ring (bicyclic) bond motifs is 2. The first-order chi connectivity index (χ1) is 12.1. The van der Waals surface area contributed by atoms with Crippen molar-refractivity contribution < 1.29 is 33.3 Å². The van der Waals surface area contributed by atoms with E-state index in [2.05, 4.69) is 6.58 Å². The van der Waals surface area contributed by atoms with Crippen LogP contribution in [0.15, 0.2) is 23.8 Å². The highest BCUT2D eigenvalue weighted by Crippen LogP contribution is 2.49. The lowest BCUT2D eigenvalue weighted by Crippen LogP contribution is -2.40. The maximum absolute atomic E-state index is 12.1. The van der Waals surface area contributed by atoms with Crippen LogP contribution in [0.1, 0.15) is 40.5 Å². The van der Waals surface area contributed by atoms with Gasteiger partial charge in [0.05, 0.1) is 11.5 Å². The molecule has 0 N–H and O–H groups in total. The number of hydrogen-bond donors (Lipinski definition) is 0. The Morgan fingerprint density at radius 1 is 1.27 bits per heavy atom. The van der Waals surface area contributed by atoms with Crippen LogP contribution in [0.2, 0.25) is 0 Å². The van der Waals surface area contributed by atoms with Crippen LogP contribution >= 0.6 is 0 Å². The Balaban J connectivity index is 1.98. The van der Waals surface area contributed by atoms with E-state index in [1.54, 1.807) is 0 Å². The molecule has 3 aliphatic rings. The molecule has 2 aliphatic heterocycles. The van der Waals surface area contributed by atoms with Crippen LogP contribution in [0.3, 0.4) is 0 Å². The van der Waals surface area contributed by atoms with Crippen molar-refractivity contribution in [3.63, 3.8) is 0 Å². The largest absolute Gasteiger partial charge is 0.459 e. The van der Waals surface area contributed by atoms with Crippen LogP contribution in [-0.4, -0.2) is 47.9 Å². The third-order valence-electron chi connectivity index (χ3n) is 5.14. The van der Waals surface area contributed by atoms with E-state index < -0.39 is 47.9 Å². The summed E-state index contributed by atoms with van der Waals surface area (Å²) in [6.07, 6.45) is 0.681. The minimum Gasteiger partial charge on any atom is -0.459 e. The highest BCUT2D eigenvalue weighted by atomic mass is 16.6. The van der Waals surface area contributed by atoms with E-state index in [1.807, 2.05) is 19.9 Å². The molecule has 7 heteroatoms. The molecule has 7 nitrogen and oxygen atoms in total. The molecule has 26 heavy (non-hydrogen) atoms. The van der Waals surface area contributed by atoms with Gasteiger partial charge in [-0.1, -0.05) is 12.2 Å². The highest BCUT2D eigenvalue weighted by Gasteiger charge is 2.63. The molecule has 2 saturated heterocycles. The SMILES string of the molecule is C=C1C(=O)OC2C/C(C)=C/C(OC(C)=O)CC3(C)OC3C(OC(C)=O)C12. The topological polar surface area (TPSA) is 91.4 Å². The zero-order valence-corrected chi connectivity index (χ0v) is 15.4. The number of rotatable bonds is 2. The van der Waals surface area contributed by atoms with Gasteiger partial charge in [0.2, 0.25) is 0 Å². The number of esters is 3. The lowest BCUT2D eigenvalue weighted by Gasteiger charge is -2.28. The normalized spacial score (nSPS) is 41.1. The number of carbonyl (C=O) groups is 3. The monoisotopic (exact) mass is 364 g/mol. The molecule has 0 aromatic heterocycles. The Morgan fingerprint density at radius 2 is 1.92 bits per heavy atom. The van der Waals surface area contributed by atoms with Crippen LogP contribution < -0.4 is 0 Å². The van der Waals surface area contributed by atoms with E-state index in [0.29, 0.717) is 18.4 Å². The molecule has 6 atom stereocenters. The van der Waals surface area contributed by atoms with E-state index in [-0.39, 0.29) is 5.97 Å². The van der Waals surface area contributed by atoms with Gasteiger partial charge in [-0.2, -0.15) is 0 Å². The summed E-state index contributed by atoms with van der Waals surface area (Å²) in [5.74, 6) is -1.79. The molecule has 142 valence electrons. The predicted octanol–water partition coefficient (Wildman–Crippen LogP) is 1.85. The number of hydrogen-bond acceptors (Lipinski definition) is 7. The van der Waals surface area contributed by atoms with Crippen LogP contribution in [0.4, 0.5) is 0 Å². The minimum absolute atomic E-state index is 0.295. The Morgan fingerprint density at radius 3 is 2.54 bits per heavy atom. The standard InChI is InChI=1S/C19H24O7/c1-9-6-13(23-11(3)20)8-19(5)17(26-19)16(24-12(4)21)15-10(2)18(22)25-14(15)7-9/h6,13-17H,2,7-8H2,1,3-5H3/b9-6+. The van der Waals surface area contributed by atoms with E-state index in [1.165, 1.54) is 13.8 Å². The number of ether oxygens (including phenoxy) is 4. The first-order valence-corrected chi connectivity index (χ1v) is 8.70. The van der Waals surface area contributed by atoms with Crippen LogP contribution in [0.25, 0.3) is 0 Å². The smallest absolute Gasteiger partial charge is 0.334 e. The zero-order valence-electron chi connectivity index (χ0n) is 15.4. The maximum Gasteiger partial charge on any atom is 0.334 e. The van der Waals surface area contributed by atoms with E-state index >= 15 is 0 Å². The predicted molar refractivity (Wildman–Crippen MR) is 89.9 cm³/mol. The number of epoxide rings is 1. The Labute approximate surface area is 152 Å². The Kier molecular flexibility index (Phi) is 4.69. The summed E-state index contributed by atoms with van der Waals surface area (Å²) in [6.45, 7) is 10.3. The average molecular weight is 364 g/mol. The minimum atomic E-state index is -0.676. The van der Waals surface area contributed by atoms with Gasteiger partial charge < -0.3 is 18.9 Å². The van der Waals surface area contributed by atoms with Crippen LogP contribution in [0, 0.1) is 5.92 Å². The summed E-state index contributed by atoms with van der Waals surface area (Å²) < 4.78 is 22.3. The Hall–Kier alpha value is -2.15. The van der Waals surface area contributed by atoms with E-state index in [4.69, 9.17) is 18.9 Å². The third kappa shape index (κ3) is 3.53. The fraction of sp³-hybridized carbons (Fsp3) is 0.632. The maximum atomic E-state index is 12.1. The highest BCUT2D eigenvalue weighted by molar-refractivity contribution is 5.91. The second kappa shape index (κ2) is 6.54. The molecule has 0 amide bonds. The van der Waals surface area contributed by atoms with Crippen LogP contribution in [0.5, 0.6) is 0 Å². The summed E-state index contributed by atoms with van der Waals surface area (Å²) in [5.41, 5.74) is 0.576. The van der Waals surface area contributed by atoms with Gasteiger partial charge in [-0.25, -0.2) is 4.79 Å². The summed E-state index contributed by atoms with van der Waals surface area (Å²) in [4.78, 5) is 35.2. The lowest BCUT2D eigenvalue weighted by atomic mass is 9.81. The van der Waals surface area contributed by atoms with Gasteiger partial charge >= 0.3 is 17.9 Å². The summed E-state index contributed by atoms with van der Waals surface area (Å²) in [7, 11) is 0. The van der Waals surface area contributed by atoms with Gasteiger partial charge in [-0.15, -0.1) is 0 Å². The lowest BCUT2D eigenvalue weighted by molar-refractivity contribution is -0.151. The molecule has 6 unspecified atom stereocenters. The van der Waals surface area contributed by atoms with Crippen molar-refractivity contribution in [3.8, 4) is 0 Å². The molecule has 2 fully saturated rings. The van der Waals surface area contributed by atoms with Gasteiger partial charge in [-0.3, -0.25) is 9.59 Å². The van der Waals surface area contributed by atoms with Gasteiger partial charge in [0.25, 0.3) is 0 Å². The Bertz CT molecular complexity index is 694. The van der Waals surface area contributed by atoms with Crippen molar-refractivity contribution in [1.82, 2.24) is 0 Å². The quantitative estimate of drug-likeness (QED) is 0.243. The van der Waals surface area contributed by atoms with Gasteiger partial charge in [0.1, 0.15) is 24.4 Å². The first kappa shape index (κ1) is 18.6. The van der Waals surface area contributed by atoms with Crippen molar-refractivity contribution in [1.29, 1.82) is 0 Å². The van der Waals surface area contributed by atoms with Crippen molar-refractivity contribution in [2.24, 2.45) is 5.92 Å². The molecular weight excluding hydrogens is 340 g/mol. The second-order valence-corrected chi connectivity index (χ2v) is 7.49. The first-order valence-electron chi connectivity index (χ1n) is 8.70. The van der Waals surface area contributed by atoms with E-state index in [9.17, 15) is 14.4 Å². The molecule has 0 spiro atoms. The van der Waals surface area contributed by atoms with E-state index in [0.717, 1.165) is 5.57 Å². The van der Waals surface area contributed by atoms with Crippen molar-refractivity contribution in [3.05, 3.63) is 23.8 Å². The molecule has 1 aliphatic carbocycles. The third-order valence-corrected chi connectivity index (χ3v) is 5.14. The fourth-order valence-corrected chi connectivity index (χ4v) is 4.03. The number of carbonyl (C=O) groups excluding carboxylic acids is 3. The average Bonchev–Trinajstić information content (AvgIpc) is 3.06.